The van der Waals surface area contributed by atoms with Gasteiger partial charge < -0.3 is 10.6 Å². The standard InChI is InChI=1S/C21H31N3O2/c22-21(26)18-11-14-23(15-12-18)16-20(25)24-13-5-4-8-19(24)10-9-17-6-2-1-3-7-17/h1-3,6-7,18-19H,4-5,8-16H2,(H2,22,26)/t19-/m0/s1. The van der Waals surface area contributed by atoms with E-state index in [0.29, 0.717) is 12.6 Å². The van der Waals surface area contributed by atoms with E-state index in [1.807, 2.05) is 6.07 Å². The van der Waals surface area contributed by atoms with Crippen LogP contribution in [0.3, 0.4) is 0 Å². The highest BCUT2D eigenvalue weighted by atomic mass is 16.2. The van der Waals surface area contributed by atoms with Crippen molar-refractivity contribution in [3.63, 3.8) is 0 Å². The Morgan fingerprint density at radius 3 is 2.42 bits per heavy atom. The van der Waals surface area contributed by atoms with E-state index in [0.717, 1.165) is 58.2 Å². The van der Waals surface area contributed by atoms with Gasteiger partial charge in [0.15, 0.2) is 0 Å². The number of nitrogens with two attached hydrogens (primary N) is 1. The van der Waals surface area contributed by atoms with Crippen molar-refractivity contribution in [1.29, 1.82) is 0 Å². The predicted octanol–water partition coefficient (Wildman–Crippen LogP) is 2.20. The van der Waals surface area contributed by atoms with E-state index in [1.165, 1.54) is 12.0 Å². The molecule has 2 fully saturated rings. The van der Waals surface area contributed by atoms with Gasteiger partial charge >= 0.3 is 0 Å². The summed E-state index contributed by atoms with van der Waals surface area (Å²) in [6.45, 7) is 2.95. The minimum absolute atomic E-state index is 0.0186. The van der Waals surface area contributed by atoms with Crippen molar-refractivity contribution < 1.29 is 9.59 Å². The van der Waals surface area contributed by atoms with Crippen LogP contribution < -0.4 is 5.73 Å². The van der Waals surface area contributed by atoms with Crippen molar-refractivity contribution in [3.8, 4) is 0 Å². The second-order valence-electron chi connectivity index (χ2n) is 7.71. The molecular formula is C21H31N3O2. The Balaban J connectivity index is 1.50. The molecule has 0 aromatic heterocycles. The van der Waals surface area contributed by atoms with Crippen LogP contribution in [0.2, 0.25) is 0 Å². The smallest absolute Gasteiger partial charge is 0.236 e. The van der Waals surface area contributed by atoms with Crippen molar-refractivity contribution in [2.24, 2.45) is 11.7 Å². The van der Waals surface area contributed by atoms with E-state index in [2.05, 4.69) is 34.1 Å². The molecule has 2 aliphatic heterocycles. The molecule has 2 heterocycles. The molecule has 0 spiro atoms. The van der Waals surface area contributed by atoms with Gasteiger partial charge in [0.25, 0.3) is 0 Å². The zero-order valence-corrected chi connectivity index (χ0v) is 15.6. The Morgan fingerprint density at radius 2 is 1.73 bits per heavy atom. The van der Waals surface area contributed by atoms with Crippen LogP contribution in [0.15, 0.2) is 30.3 Å². The Morgan fingerprint density at radius 1 is 1.00 bits per heavy atom. The van der Waals surface area contributed by atoms with E-state index < -0.39 is 0 Å². The SMILES string of the molecule is NC(=O)C1CCN(CC(=O)N2CCCC[C@H]2CCc2ccccc2)CC1. The Bertz CT molecular complexity index is 597. The summed E-state index contributed by atoms with van der Waals surface area (Å²) in [6.07, 6.45) is 7.06. The van der Waals surface area contributed by atoms with Gasteiger partial charge in [-0.25, -0.2) is 0 Å². The molecule has 3 rings (SSSR count). The molecule has 2 aliphatic rings. The number of primary amides is 1. The highest BCUT2D eigenvalue weighted by molar-refractivity contribution is 5.79. The monoisotopic (exact) mass is 357 g/mol. The lowest BCUT2D eigenvalue weighted by Crippen LogP contribution is -2.49. The summed E-state index contributed by atoms with van der Waals surface area (Å²) in [5.41, 5.74) is 6.74. The molecule has 0 bridgehead atoms. The molecule has 2 amide bonds. The summed E-state index contributed by atoms with van der Waals surface area (Å²) >= 11 is 0. The van der Waals surface area contributed by atoms with Gasteiger partial charge in [-0.2, -0.15) is 0 Å². The van der Waals surface area contributed by atoms with Crippen LogP contribution in [-0.2, 0) is 16.0 Å². The maximum Gasteiger partial charge on any atom is 0.236 e. The summed E-state index contributed by atoms with van der Waals surface area (Å²) in [4.78, 5) is 28.5. The van der Waals surface area contributed by atoms with Crippen LogP contribution in [0, 0.1) is 5.92 Å². The zero-order valence-electron chi connectivity index (χ0n) is 15.6. The second kappa shape index (κ2) is 9.17. The predicted molar refractivity (Wildman–Crippen MR) is 102 cm³/mol. The maximum atomic E-state index is 12.9. The third-order valence-electron chi connectivity index (χ3n) is 5.91. The number of amides is 2. The van der Waals surface area contributed by atoms with Gasteiger partial charge in [0.1, 0.15) is 0 Å². The van der Waals surface area contributed by atoms with Crippen molar-refractivity contribution in [1.82, 2.24) is 9.80 Å². The van der Waals surface area contributed by atoms with E-state index in [9.17, 15) is 9.59 Å². The highest BCUT2D eigenvalue weighted by Crippen LogP contribution is 2.23. The fourth-order valence-corrected chi connectivity index (χ4v) is 4.26. The lowest BCUT2D eigenvalue weighted by Gasteiger charge is -2.38. The molecule has 2 saturated heterocycles. The Labute approximate surface area is 156 Å². The van der Waals surface area contributed by atoms with Crippen LogP contribution in [0.25, 0.3) is 0 Å². The van der Waals surface area contributed by atoms with Crippen molar-refractivity contribution in [2.45, 2.75) is 51.0 Å². The van der Waals surface area contributed by atoms with Crippen molar-refractivity contribution in [3.05, 3.63) is 35.9 Å². The van der Waals surface area contributed by atoms with Gasteiger partial charge in [0.05, 0.1) is 6.54 Å². The Kier molecular flexibility index (Phi) is 6.67. The molecule has 0 unspecified atom stereocenters. The normalized spacial score (nSPS) is 22.3. The quantitative estimate of drug-likeness (QED) is 0.849. The lowest BCUT2D eigenvalue weighted by atomic mass is 9.95. The number of hydrogen-bond acceptors (Lipinski definition) is 3. The first kappa shape index (κ1) is 18.9. The molecular weight excluding hydrogens is 326 g/mol. The lowest BCUT2D eigenvalue weighted by molar-refractivity contribution is -0.136. The number of carbonyl (C=O) groups is 2. The van der Waals surface area contributed by atoms with Gasteiger partial charge in [0, 0.05) is 18.5 Å². The molecule has 0 aliphatic carbocycles. The zero-order chi connectivity index (χ0) is 18.4. The van der Waals surface area contributed by atoms with Gasteiger partial charge in [-0.15, -0.1) is 0 Å². The summed E-state index contributed by atoms with van der Waals surface area (Å²) in [5.74, 6) is 0.0308. The van der Waals surface area contributed by atoms with Crippen LogP contribution >= 0.6 is 0 Å². The fourth-order valence-electron chi connectivity index (χ4n) is 4.26. The van der Waals surface area contributed by atoms with Crippen LogP contribution in [0.4, 0.5) is 0 Å². The Hall–Kier alpha value is -1.88. The molecule has 142 valence electrons. The molecule has 0 radical (unpaired) electrons. The summed E-state index contributed by atoms with van der Waals surface area (Å²) in [5, 5.41) is 0. The largest absolute Gasteiger partial charge is 0.369 e. The van der Waals surface area contributed by atoms with Crippen molar-refractivity contribution >= 4 is 11.8 Å². The molecule has 5 heteroatoms. The molecule has 1 aromatic carbocycles. The average Bonchev–Trinajstić information content (AvgIpc) is 2.68. The van der Waals surface area contributed by atoms with Crippen LogP contribution in [0.1, 0.15) is 44.1 Å². The van der Waals surface area contributed by atoms with Crippen molar-refractivity contribution in [2.75, 3.05) is 26.2 Å². The molecule has 5 nitrogen and oxygen atoms in total. The van der Waals surface area contributed by atoms with Gasteiger partial charge in [0.2, 0.25) is 11.8 Å². The molecule has 0 saturated carbocycles. The molecule has 2 N–H and O–H groups in total. The topological polar surface area (TPSA) is 66.6 Å². The number of piperidine rings is 2. The molecule has 1 atom stereocenters. The number of aryl methyl sites for hydroxylation is 1. The minimum Gasteiger partial charge on any atom is -0.369 e. The minimum atomic E-state index is -0.201. The number of nitrogens with zero attached hydrogens (tertiary/aromatic N) is 2. The van der Waals surface area contributed by atoms with Crippen LogP contribution in [-0.4, -0.2) is 53.8 Å². The average molecular weight is 357 g/mol. The number of carbonyl (C=O) groups excluding carboxylic acids is 2. The summed E-state index contributed by atoms with van der Waals surface area (Å²) in [7, 11) is 0. The summed E-state index contributed by atoms with van der Waals surface area (Å²) in [6, 6.07) is 10.9. The highest BCUT2D eigenvalue weighted by Gasteiger charge is 2.29. The van der Waals surface area contributed by atoms with Crippen LogP contribution in [0.5, 0.6) is 0 Å². The second-order valence-corrected chi connectivity index (χ2v) is 7.71. The third kappa shape index (κ3) is 5.07. The summed E-state index contributed by atoms with van der Waals surface area (Å²) < 4.78 is 0. The number of hydrogen-bond donors (Lipinski definition) is 1. The first-order chi connectivity index (χ1) is 12.6. The molecule has 26 heavy (non-hydrogen) atoms. The van der Waals surface area contributed by atoms with E-state index in [4.69, 9.17) is 5.73 Å². The van der Waals surface area contributed by atoms with Gasteiger partial charge in [-0.3, -0.25) is 14.5 Å². The number of likely N-dealkylation sites (tertiary alicyclic amines) is 2. The fraction of sp³-hybridized carbons (Fsp3) is 0.619. The van der Waals surface area contributed by atoms with Gasteiger partial charge in [-0.05, 0) is 63.6 Å². The number of benzene rings is 1. The third-order valence-corrected chi connectivity index (χ3v) is 5.91. The first-order valence-electron chi connectivity index (χ1n) is 9.98. The van der Waals surface area contributed by atoms with E-state index in [1.54, 1.807) is 0 Å². The van der Waals surface area contributed by atoms with Gasteiger partial charge in [-0.1, -0.05) is 30.3 Å². The van der Waals surface area contributed by atoms with E-state index in [-0.39, 0.29) is 17.7 Å². The van der Waals surface area contributed by atoms with E-state index >= 15 is 0 Å². The first-order valence-corrected chi connectivity index (χ1v) is 9.98. The maximum absolute atomic E-state index is 12.9. The number of rotatable bonds is 6. The molecule has 1 aromatic rings.